The smallest absolute Gasteiger partial charge is 0.306 e. The highest BCUT2D eigenvalue weighted by Crippen LogP contribution is 2.15. The van der Waals surface area contributed by atoms with Crippen LogP contribution in [0, 0.1) is 0 Å². The van der Waals surface area contributed by atoms with Gasteiger partial charge in [0.15, 0.2) is 12.4 Å². The third kappa shape index (κ3) is 52.0. The van der Waals surface area contributed by atoms with E-state index < -0.39 is 24.3 Å². The van der Waals surface area contributed by atoms with Crippen LogP contribution >= 0.6 is 0 Å². The summed E-state index contributed by atoms with van der Waals surface area (Å²) in [4.78, 5) is 37.0. The summed E-state index contributed by atoms with van der Waals surface area (Å²) in [6.07, 6.45) is 66.3. The van der Waals surface area contributed by atoms with Crippen molar-refractivity contribution in [3.05, 3.63) is 97.2 Å². The third-order valence-corrected chi connectivity index (χ3v) is 11.6. The van der Waals surface area contributed by atoms with E-state index in [9.17, 15) is 19.5 Å². The van der Waals surface area contributed by atoms with Crippen LogP contribution in [0.3, 0.4) is 0 Å². The number of ether oxygens (including phenoxy) is 4. The summed E-state index contributed by atoms with van der Waals surface area (Å²) >= 11 is 0. The molecule has 0 heterocycles. The fourth-order valence-electron chi connectivity index (χ4n) is 7.32. The number of hydrogen-bond acceptors (Lipinski definition) is 8. The first-order valence-corrected chi connectivity index (χ1v) is 27.9. The van der Waals surface area contributed by atoms with E-state index >= 15 is 0 Å². The molecule has 0 aromatic carbocycles. The molecule has 0 amide bonds. The minimum absolute atomic E-state index is 0.145. The molecule has 0 spiro atoms. The van der Waals surface area contributed by atoms with Gasteiger partial charge in [-0.15, -0.1) is 0 Å². The molecule has 400 valence electrons. The van der Waals surface area contributed by atoms with Crippen molar-refractivity contribution >= 4 is 17.9 Å². The van der Waals surface area contributed by atoms with Gasteiger partial charge in [0.25, 0.3) is 0 Å². The van der Waals surface area contributed by atoms with Crippen molar-refractivity contribution < 1.29 is 42.9 Å². The fraction of sp³-hybridized carbons (Fsp3) is 0.689. The van der Waals surface area contributed by atoms with Gasteiger partial charge in [-0.3, -0.25) is 9.59 Å². The monoisotopic (exact) mass is 978 g/mol. The van der Waals surface area contributed by atoms with Crippen molar-refractivity contribution in [1.29, 1.82) is 0 Å². The maximum absolute atomic E-state index is 12.8. The first-order chi connectivity index (χ1) is 34.1. The summed E-state index contributed by atoms with van der Waals surface area (Å²) in [5.74, 6) is -2.30. The third-order valence-electron chi connectivity index (χ3n) is 11.6. The first-order valence-electron chi connectivity index (χ1n) is 27.9. The van der Waals surface area contributed by atoms with Crippen molar-refractivity contribution in [2.24, 2.45) is 0 Å². The van der Waals surface area contributed by atoms with Crippen molar-refractivity contribution in [2.75, 3.05) is 47.5 Å². The topological polar surface area (TPSA) is 111 Å². The van der Waals surface area contributed by atoms with E-state index in [-0.39, 0.29) is 38.6 Å². The molecule has 0 N–H and O–H groups in total. The molecule has 0 aromatic heterocycles. The van der Waals surface area contributed by atoms with E-state index in [4.69, 9.17) is 18.9 Å². The van der Waals surface area contributed by atoms with Crippen LogP contribution in [0.25, 0.3) is 0 Å². The number of allylic oxidation sites excluding steroid dienone is 16. The number of likely N-dealkylation sites (N-methyl/N-ethyl adjacent to an activating group) is 1. The Kier molecular flexibility index (Phi) is 48.8. The molecule has 2 atom stereocenters. The standard InChI is InChI=1S/C61H103NO8/c1-6-8-10-12-14-16-17-18-19-20-21-22-23-24-25-26-27-28-29-30-31-32-33-34-35-36-37-38-39-40-41-42-43-44-46-48-50-52-59(64)70-57(56-69-61(60(65)66)67-54-53-62(3,4)5)55-68-58(63)51-49-47-45-15-13-11-9-7-2/h8,10,14,16,18-19,21-22,24-25,27-28,30-31,33-34,57,61H,6-7,9,11-13,15,17,20,23,26,29,32,35-56H2,1-5H3/b10-8-,16-14-,19-18-,22-21-,25-24-,28-27-,31-30-,34-33-. The molecule has 2 unspecified atom stereocenters. The zero-order valence-corrected chi connectivity index (χ0v) is 45.4. The summed E-state index contributed by atoms with van der Waals surface area (Å²) in [5, 5.41) is 11.7. The van der Waals surface area contributed by atoms with Crippen LogP contribution in [0.5, 0.6) is 0 Å². The number of carboxylic acid groups (broad SMARTS) is 1. The molecule has 0 fully saturated rings. The lowest BCUT2D eigenvalue weighted by atomic mass is 10.0. The Morgan fingerprint density at radius 3 is 1.21 bits per heavy atom. The molecule has 0 aromatic rings. The summed E-state index contributed by atoms with van der Waals surface area (Å²) in [6.45, 7) is 4.58. The predicted molar refractivity (Wildman–Crippen MR) is 292 cm³/mol. The van der Waals surface area contributed by atoms with Crippen LogP contribution in [0.4, 0.5) is 0 Å². The Bertz CT molecular complexity index is 1470. The summed E-state index contributed by atoms with van der Waals surface area (Å²) < 4.78 is 22.5. The normalized spacial score (nSPS) is 13.6. The van der Waals surface area contributed by atoms with E-state index in [0.29, 0.717) is 17.4 Å². The van der Waals surface area contributed by atoms with Crippen LogP contribution in [-0.2, 0) is 33.3 Å². The lowest BCUT2D eigenvalue weighted by Crippen LogP contribution is -2.44. The maximum atomic E-state index is 12.8. The Balaban J connectivity index is 4.05. The zero-order chi connectivity index (χ0) is 51.3. The second-order valence-corrected chi connectivity index (χ2v) is 19.5. The van der Waals surface area contributed by atoms with Crippen LogP contribution < -0.4 is 5.11 Å². The molecule has 0 bridgehead atoms. The average molecular weight is 978 g/mol. The number of aliphatic carboxylic acids is 1. The molecular formula is C61H103NO8. The lowest BCUT2D eigenvalue weighted by molar-refractivity contribution is -0.870. The number of unbranched alkanes of at least 4 members (excludes halogenated alkanes) is 19. The zero-order valence-electron chi connectivity index (χ0n) is 45.4. The molecule has 0 saturated carbocycles. The first kappa shape index (κ1) is 66.2. The second-order valence-electron chi connectivity index (χ2n) is 19.5. The van der Waals surface area contributed by atoms with Gasteiger partial charge in [0.1, 0.15) is 13.2 Å². The predicted octanol–water partition coefficient (Wildman–Crippen LogP) is 14.8. The number of carbonyl (C=O) groups is 3. The van der Waals surface area contributed by atoms with Gasteiger partial charge in [0.05, 0.1) is 40.3 Å². The van der Waals surface area contributed by atoms with Crippen LogP contribution in [-0.4, -0.2) is 82.3 Å². The van der Waals surface area contributed by atoms with Gasteiger partial charge in [-0.05, 0) is 77.0 Å². The quantitative estimate of drug-likeness (QED) is 0.0195. The van der Waals surface area contributed by atoms with Crippen LogP contribution in [0.1, 0.15) is 213 Å². The van der Waals surface area contributed by atoms with Gasteiger partial charge in [-0.1, -0.05) is 220 Å². The number of carbonyl (C=O) groups excluding carboxylic acids is 3. The number of nitrogens with zero attached hydrogens (tertiary/aromatic N) is 1. The summed E-state index contributed by atoms with van der Waals surface area (Å²) in [6, 6.07) is 0. The van der Waals surface area contributed by atoms with E-state index in [0.717, 1.165) is 89.9 Å². The molecule has 0 aliphatic carbocycles. The van der Waals surface area contributed by atoms with E-state index in [2.05, 4.69) is 111 Å². The van der Waals surface area contributed by atoms with Gasteiger partial charge in [-0.25, -0.2) is 0 Å². The van der Waals surface area contributed by atoms with E-state index in [1.807, 2.05) is 21.1 Å². The van der Waals surface area contributed by atoms with E-state index in [1.54, 1.807) is 0 Å². The van der Waals surface area contributed by atoms with Crippen molar-refractivity contribution in [3.8, 4) is 0 Å². The molecule has 70 heavy (non-hydrogen) atoms. The van der Waals surface area contributed by atoms with Gasteiger partial charge in [-0.2, -0.15) is 0 Å². The van der Waals surface area contributed by atoms with Crippen molar-refractivity contribution in [1.82, 2.24) is 0 Å². The lowest BCUT2D eigenvalue weighted by Gasteiger charge is -2.26. The number of rotatable bonds is 50. The highest BCUT2D eigenvalue weighted by atomic mass is 16.7. The maximum Gasteiger partial charge on any atom is 0.306 e. The minimum atomic E-state index is -1.62. The fourth-order valence-corrected chi connectivity index (χ4v) is 7.32. The number of quaternary nitrogens is 1. The Morgan fingerprint density at radius 1 is 0.443 bits per heavy atom. The largest absolute Gasteiger partial charge is 0.545 e. The van der Waals surface area contributed by atoms with Crippen molar-refractivity contribution in [2.45, 2.75) is 225 Å². The molecule has 9 nitrogen and oxygen atoms in total. The Hall–Kier alpha value is -3.79. The Labute approximate surface area is 429 Å². The van der Waals surface area contributed by atoms with Gasteiger partial charge >= 0.3 is 11.9 Å². The minimum Gasteiger partial charge on any atom is -0.545 e. The van der Waals surface area contributed by atoms with Crippen molar-refractivity contribution in [3.63, 3.8) is 0 Å². The summed E-state index contributed by atoms with van der Waals surface area (Å²) in [7, 11) is 5.90. The number of hydrogen-bond donors (Lipinski definition) is 0. The Morgan fingerprint density at radius 2 is 0.814 bits per heavy atom. The second kappa shape index (κ2) is 51.6. The molecule has 0 saturated heterocycles. The molecule has 0 aliphatic heterocycles. The van der Waals surface area contributed by atoms with Crippen LogP contribution in [0.2, 0.25) is 0 Å². The molecule has 0 radical (unpaired) electrons. The van der Waals surface area contributed by atoms with E-state index in [1.165, 1.54) is 89.9 Å². The highest BCUT2D eigenvalue weighted by Gasteiger charge is 2.22. The highest BCUT2D eigenvalue weighted by molar-refractivity contribution is 5.70. The SMILES string of the molecule is CC/C=C\C/C=C\C/C=C\C/C=C\C/C=C\C/C=C\C/C=C\C/C=C\CCCCCCCCCCCCCCC(=O)OC(COC(=O)CCCCCCCCCC)COC(OCC[N+](C)(C)C)C(=O)[O-]. The van der Waals surface area contributed by atoms with Gasteiger partial charge in [0, 0.05) is 12.8 Å². The molecule has 0 rings (SSSR count). The molecular weight excluding hydrogens is 875 g/mol. The number of carboxylic acids is 1. The number of esters is 2. The van der Waals surface area contributed by atoms with Gasteiger partial charge < -0.3 is 33.3 Å². The summed E-state index contributed by atoms with van der Waals surface area (Å²) in [5.41, 5.74) is 0. The average Bonchev–Trinajstić information content (AvgIpc) is 3.33. The molecule has 9 heteroatoms. The molecule has 0 aliphatic rings. The van der Waals surface area contributed by atoms with Gasteiger partial charge in [0.2, 0.25) is 0 Å². The van der Waals surface area contributed by atoms with Crippen LogP contribution in [0.15, 0.2) is 97.2 Å².